The Bertz CT molecular complexity index is 1290. The monoisotopic (exact) mass is 404 g/mol. The average molecular weight is 404 g/mol. The van der Waals surface area contributed by atoms with Gasteiger partial charge in [-0.05, 0) is 50.6 Å². The van der Waals surface area contributed by atoms with Crippen LogP contribution in [-0.2, 0) is 6.54 Å². The summed E-state index contributed by atoms with van der Waals surface area (Å²) in [6.07, 6.45) is 0. The molecule has 0 aliphatic heterocycles. The first-order valence-electron chi connectivity index (χ1n) is 9.35. The van der Waals surface area contributed by atoms with Crippen LogP contribution in [0.15, 0.2) is 45.3 Å². The number of hydrogen-bond acceptors (Lipinski definition) is 6. The molecule has 0 aliphatic rings. The number of benzene rings is 1. The first-order valence-corrected chi connectivity index (χ1v) is 9.35. The number of carbonyl (C=O) groups is 2. The number of rotatable bonds is 5. The molecule has 3 aromatic heterocycles. The summed E-state index contributed by atoms with van der Waals surface area (Å²) in [4.78, 5) is 28.9. The zero-order chi connectivity index (χ0) is 21.4. The van der Waals surface area contributed by atoms with E-state index in [4.69, 9.17) is 14.7 Å². The van der Waals surface area contributed by atoms with Gasteiger partial charge in [0.05, 0.1) is 22.3 Å². The number of furan rings is 1. The molecule has 0 saturated carbocycles. The Morgan fingerprint density at radius 2 is 1.93 bits per heavy atom. The molecule has 0 spiro atoms. The van der Waals surface area contributed by atoms with E-state index in [1.54, 1.807) is 31.2 Å². The van der Waals surface area contributed by atoms with Gasteiger partial charge in [0.25, 0.3) is 11.6 Å². The highest BCUT2D eigenvalue weighted by molar-refractivity contribution is 6.07. The Kier molecular flexibility index (Phi) is 4.83. The molecular weight excluding hydrogens is 384 g/mol. The largest absolute Gasteiger partial charge is 0.466 e. The van der Waals surface area contributed by atoms with Crippen molar-refractivity contribution in [3.8, 4) is 11.3 Å². The molecule has 4 rings (SSSR count). The second-order valence-corrected chi connectivity index (χ2v) is 7.08. The summed E-state index contributed by atoms with van der Waals surface area (Å²) in [5, 5.41) is 7.39. The van der Waals surface area contributed by atoms with Crippen LogP contribution in [0.1, 0.15) is 43.5 Å². The molecule has 0 bridgehead atoms. The van der Waals surface area contributed by atoms with Crippen molar-refractivity contribution in [2.45, 2.75) is 27.3 Å². The highest BCUT2D eigenvalue weighted by atomic mass is 16.5. The minimum Gasteiger partial charge on any atom is -0.466 e. The standard InChI is InChI=1S/C22H20N4O4/c1-11-7-16(13(3)29-11)18-9-17(19-12(2)26-30-22(19)25-18)21(28)24-10-14-5-4-6-15(8-14)20(23)27/h4-9H,10H2,1-3H3,(H2,23,27)(H,24,28). The van der Waals surface area contributed by atoms with Gasteiger partial charge in [-0.3, -0.25) is 9.59 Å². The number of amides is 2. The van der Waals surface area contributed by atoms with Crippen molar-refractivity contribution in [1.82, 2.24) is 15.5 Å². The van der Waals surface area contributed by atoms with Gasteiger partial charge in [0.1, 0.15) is 11.5 Å². The predicted octanol–water partition coefficient (Wildman–Crippen LogP) is 3.44. The highest BCUT2D eigenvalue weighted by Gasteiger charge is 2.21. The zero-order valence-electron chi connectivity index (χ0n) is 16.8. The van der Waals surface area contributed by atoms with Crippen LogP contribution >= 0.6 is 0 Å². The Labute approximate surface area is 172 Å². The number of fused-ring (bicyclic) bond motifs is 1. The van der Waals surface area contributed by atoms with Crippen molar-refractivity contribution < 1.29 is 18.5 Å². The lowest BCUT2D eigenvalue weighted by atomic mass is 10.0. The number of nitrogens with two attached hydrogens (primary N) is 1. The average Bonchev–Trinajstić information content (AvgIpc) is 3.27. The van der Waals surface area contributed by atoms with E-state index in [2.05, 4.69) is 15.5 Å². The van der Waals surface area contributed by atoms with Crippen LogP contribution in [0.3, 0.4) is 0 Å². The van der Waals surface area contributed by atoms with Crippen molar-refractivity contribution >= 4 is 22.9 Å². The Balaban J connectivity index is 1.69. The molecule has 30 heavy (non-hydrogen) atoms. The third-order valence-corrected chi connectivity index (χ3v) is 4.84. The van der Waals surface area contributed by atoms with Gasteiger partial charge in [0, 0.05) is 17.7 Å². The normalized spacial score (nSPS) is 11.0. The van der Waals surface area contributed by atoms with Crippen LogP contribution < -0.4 is 11.1 Å². The van der Waals surface area contributed by atoms with Crippen LogP contribution in [0.2, 0.25) is 0 Å². The fourth-order valence-electron chi connectivity index (χ4n) is 3.41. The van der Waals surface area contributed by atoms with Gasteiger partial charge < -0.3 is 20.0 Å². The van der Waals surface area contributed by atoms with Gasteiger partial charge in [-0.15, -0.1) is 0 Å². The fraction of sp³-hybridized carbons (Fsp3) is 0.182. The van der Waals surface area contributed by atoms with Gasteiger partial charge in [-0.1, -0.05) is 17.3 Å². The van der Waals surface area contributed by atoms with Crippen LogP contribution in [0.25, 0.3) is 22.4 Å². The maximum atomic E-state index is 13.1. The summed E-state index contributed by atoms with van der Waals surface area (Å²) >= 11 is 0. The lowest BCUT2D eigenvalue weighted by Crippen LogP contribution is -2.23. The van der Waals surface area contributed by atoms with E-state index in [0.717, 1.165) is 16.9 Å². The van der Waals surface area contributed by atoms with Crippen LogP contribution in [-0.4, -0.2) is 22.0 Å². The summed E-state index contributed by atoms with van der Waals surface area (Å²) < 4.78 is 10.9. The fourth-order valence-corrected chi connectivity index (χ4v) is 3.41. The number of hydrogen-bond donors (Lipinski definition) is 2. The van der Waals surface area contributed by atoms with Gasteiger partial charge in [-0.2, -0.15) is 0 Å². The van der Waals surface area contributed by atoms with Gasteiger partial charge in [0.15, 0.2) is 0 Å². The van der Waals surface area contributed by atoms with E-state index >= 15 is 0 Å². The second-order valence-electron chi connectivity index (χ2n) is 7.08. The number of pyridine rings is 1. The Morgan fingerprint density at radius 3 is 2.63 bits per heavy atom. The lowest BCUT2D eigenvalue weighted by molar-refractivity contribution is 0.0951. The summed E-state index contributed by atoms with van der Waals surface area (Å²) in [6.45, 7) is 5.67. The highest BCUT2D eigenvalue weighted by Crippen LogP contribution is 2.30. The predicted molar refractivity (Wildman–Crippen MR) is 110 cm³/mol. The lowest BCUT2D eigenvalue weighted by Gasteiger charge is -2.09. The van der Waals surface area contributed by atoms with E-state index < -0.39 is 5.91 Å². The van der Waals surface area contributed by atoms with Gasteiger partial charge in [0.2, 0.25) is 5.91 Å². The third kappa shape index (κ3) is 3.55. The maximum absolute atomic E-state index is 13.1. The van der Waals surface area contributed by atoms with Crippen LogP contribution in [0.4, 0.5) is 0 Å². The van der Waals surface area contributed by atoms with Gasteiger partial charge in [-0.25, -0.2) is 4.98 Å². The summed E-state index contributed by atoms with van der Waals surface area (Å²) in [6, 6.07) is 10.4. The molecule has 3 heterocycles. The van der Waals surface area contributed by atoms with E-state index in [1.165, 1.54) is 0 Å². The van der Waals surface area contributed by atoms with Crippen molar-refractivity contribution in [2.75, 3.05) is 0 Å². The first kappa shape index (κ1) is 19.4. The number of primary amides is 1. The summed E-state index contributed by atoms with van der Waals surface area (Å²) in [5.41, 5.74) is 9.07. The Hall–Kier alpha value is -3.94. The molecule has 1 aromatic carbocycles. The molecule has 0 unspecified atom stereocenters. The number of aryl methyl sites for hydroxylation is 3. The number of nitrogens with zero attached hydrogens (tertiary/aromatic N) is 2. The van der Waals surface area contributed by atoms with Crippen molar-refractivity contribution in [3.63, 3.8) is 0 Å². The van der Waals surface area contributed by atoms with E-state index in [-0.39, 0.29) is 18.2 Å². The topological polar surface area (TPSA) is 124 Å². The first-order chi connectivity index (χ1) is 14.3. The molecule has 3 N–H and O–H groups in total. The smallest absolute Gasteiger partial charge is 0.259 e. The Morgan fingerprint density at radius 1 is 1.13 bits per heavy atom. The van der Waals surface area contributed by atoms with Crippen molar-refractivity contribution in [1.29, 1.82) is 0 Å². The summed E-state index contributed by atoms with van der Waals surface area (Å²) in [7, 11) is 0. The quantitative estimate of drug-likeness (QED) is 0.525. The van der Waals surface area contributed by atoms with Crippen molar-refractivity contribution in [3.05, 3.63) is 70.3 Å². The minimum absolute atomic E-state index is 0.229. The molecule has 8 heteroatoms. The molecule has 0 saturated heterocycles. The molecule has 2 amide bonds. The van der Waals surface area contributed by atoms with Gasteiger partial charge >= 0.3 is 0 Å². The van der Waals surface area contributed by atoms with E-state index in [1.807, 2.05) is 26.0 Å². The van der Waals surface area contributed by atoms with Crippen LogP contribution in [0, 0.1) is 20.8 Å². The molecule has 0 fully saturated rings. The molecule has 0 radical (unpaired) electrons. The number of aromatic nitrogens is 2. The second kappa shape index (κ2) is 7.47. The SMILES string of the molecule is Cc1cc(-c2cc(C(=O)NCc3cccc(C(N)=O)c3)c3c(C)noc3n2)c(C)o1. The van der Waals surface area contributed by atoms with E-state index in [9.17, 15) is 9.59 Å². The van der Waals surface area contributed by atoms with Crippen molar-refractivity contribution in [2.24, 2.45) is 5.73 Å². The molecule has 152 valence electrons. The molecular formula is C22H20N4O4. The molecule has 8 nitrogen and oxygen atoms in total. The molecule has 4 aromatic rings. The molecule has 0 atom stereocenters. The zero-order valence-corrected chi connectivity index (χ0v) is 16.8. The number of nitrogens with one attached hydrogen (secondary N) is 1. The number of carbonyl (C=O) groups excluding carboxylic acids is 2. The van der Waals surface area contributed by atoms with Crippen LogP contribution in [0.5, 0.6) is 0 Å². The van der Waals surface area contributed by atoms with E-state index in [0.29, 0.717) is 33.7 Å². The minimum atomic E-state index is -0.519. The third-order valence-electron chi connectivity index (χ3n) is 4.84. The maximum Gasteiger partial charge on any atom is 0.259 e. The summed E-state index contributed by atoms with van der Waals surface area (Å²) in [5.74, 6) is 0.621. The molecule has 0 aliphatic carbocycles.